The molecule has 0 unspecified atom stereocenters. The lowest BCUT2D eigenvalue weighted by Crippen LogP contribution is -2.26. The van der Waals surface area contributed by atoms with Gasteiger partial charge in [-0.3, -0.25) is 4.79 Å². The molecule has 1 heterocycles. The monoisotopic (exact) mass is 399 g/mol. The highest BCUT2D eigenvalue weighted by Gasteiger charge is 2.19. The molecular weight excluding hydrogens is 377 g/mol. The predicted molar refractivity (Wildman–Crippen MR) is 94.5 cm³/mol. The fourth-order valence-corrected chi connectivity index (χ4v) is 3.34. The minimum atomic E-state index is -3.62. The fourth-order valence-electron chi connectivity index (χ4n) is 2.10. The van der Waals surface area contributed by atoms with Crippen LogP contribution in [0.4, 0.5) is 4.39 Å². The third-order valence-corrected chi connectivity index (χ3v) is 5.22. The van der Waals surface area contributed by atoms with E-state index in [2.05, 4.69) is 15.5 Å². The van der Waals surface area contributed by atoms with Crippen LogP contribution >= 0.6 is 0 Å². The minimum Gasteiger partial charge on any atom is -0.379 e. The molecule has 0 atom stereocenters. The number of sulfone groups is 1. The molecule has 0 spiro atoms. The van der Waals surface area contributed by atoms with Crippen LogP contribution in [0.1, 0.15) is 36.8 Å². The van der Waals surface area contributed by atoms with Crippen molar-refractivity contribution in [1.82, 2.24) is 15.5 Å². The van der Waals surface area contributed by atoms with E-state index in [4.69, 9.17) is 9.26 Å². The molecule has 0 aliphatic carbocycles. The van der Waals surface area contributed by atoms with Gasteiger partial charge in [0.05, 0.1) is 16.8 Å². The summed E-state index contributed by atoms with van der Waals surface area (Å²) in [6.45, 7) is 4.76. The van der Waals surface area contributed by atoms with Crippen molar-refractivity contribution in [2.75, 3.05) is 18.9 Å². The van der Waals surface area contributed by atoms with Gasteiger partial charge >= 0.3 is 11.8 Å². The first-order valence-corrected chi connectivity index (χ1v) is 10.1. The third kappa shape index (κ3) is 6.72. The van der Waals surface area contributed by atoms with E-state index >= 15 is 0 Å². The van der Waals surface area contributed by atoms with E-state index in [0.717, 1.165) is 12.1 Å². The van der Waals surface area contributed by atoms with Crippen LogP contribution in [-0.2, 0) is 21.0 Å². The largest absolute Gasteiger partial charge is 0.379 e. The zero-order chi connectivity index (χ0) is 19.9. The number of hydrogen-bond acceptors (Lipinski definition) is 7. The second kappa shape index (κ2) is 9.56. The maximum Gasteiger partial charge on any atom is 0.315 e. The van der Waals surface area contributed by atoms with E-state index < -0.39 is 21.6 Å². The highest BCUT2D eigenvalue weighted by atomic mass is 32.2. The Morgan fingerprint density at radius 1 is 1.30 bits per heavy atom. The average molecular weight is 399 g/mol. The Hall–Kier alpha value is -2.33. The summed E-state index contributed by atoms with van der Waals surface area (Å²) in [7, 11) is -3.62. The van der Waals surface area contributed by atoms with Gasteiger partial charge in [-0.15, -0.1) is 0 Å². The molecule has 1 aromatic carbocycles. The summed E-state index contributed by atoms with van der Waals surface area (Å²) >= 11 is 0. The van der Waals surface area contributed by atoms with Crippen LogP contribution in [0.25, 0.3) is 0 Å². The van der Waals surface area contributed by atoms with Crippen molar-refractivity contribution < 1.29 is 26.9 Å². The number of aromatic nitrogens is 2. The van der Waals surface area contributed by atoms with Crippen molar-refractivity contribution in [3.8, 4) is 0 Å². The van der Waals surface area contributed by atoms with Crippen molar-refractivity contribution in [1.29, 1.82) is 0 Å². The van der Waals surface area contributed by atoms with Crippen LogP contribution in [0.2, 0.25) is 0 Å². The number of nitrogens with one attached hydrogen (secondary N) is 1. The molecule has 0 aliphatic rings. The summed E-state index contributed by atoms with van der Waals surface area (Å²) in [6, 6.07) is 4.55. The van der Waals surface area contributed by atoms with Crippen molar-refractivity contribution >= 4 is 15.7 Å². The molecule has 1 aromatic heterocycles. The Morgan fingerprint density at radius 2 is 2.00 bits per heavy atom. The topological polar surface area (TPSA) is 111 Å². The van der Waals surface area contributed by atoms with Crippen molar-refractivity contribution in [3.05, 3.63) is 41.8 Å². The van der Waals surface area contributed by atoms with Crippen LogP contribution in [0, 0.1) is 5.82 Å². The van der Waals surface area contributed by atoms with Gasteiger partial charge in [0.2, 0.25) is 0 Å². The zero-order valence-electron chi connectivity index (χ0n) is 15.1. The summed E-state index contributed by atoms with van der Waals surface area (Å²) in [4.78, 5) is 15.8. The van der Waals surface area contributed by atoms with Gasteiger partial charge < -0.3 is 14.6 Å². The van der Waals surface area contributed by atoms with Gasteiger partial charge in [-0.1, -0.05) is 5.16 Å². The quantitative estimate of drug-likeness (QED) is 0.479. The van der Waals surface area contributed by atoms with Crippen molar-refractivity contribution in [3.63, 3.8) is 0 Å². The van der Waals surface area contributed by atoms with Gasteiger partial charge in [0.15, 0.2) is 15.7 Å². The molecular formula is C17H22FN3O5S. The molecule has 0 bridgehead atoms. The fraction of sp³-hybridized carbons (Fsp3) is 0.471. The molecule has 27 heavy (non-hydrogen) atoms. The Bertz CT molecular complexity index is 850. The first-order valence-electron chi connectivity index (χ1n) is 8.48. The molecule has 1 N–H and O–H groups in total. The molecule has 0 saturated heterocycles. The molecule has 0 radical (unpaired) electrons. The molecule has 0 aliphatic heterocycles. The second-order valence-corrected chi connectivity index (χ2v) is 8.18. The van der Waals surface area contributed by atoms with Crippen LogP contribution in [0.5, 0.6) is 0 Å². The van der Waals surface area contributed by atoms with E-state index in [1.165, 1.54) is 12.1 Å². The molecule has 148 valence electrons. The summed E-state index contributed by atoms with van der Waals surface area (Å²) in [5.74, 6) is -1.45. The number of amides is 1. The Labute approximate surface area is 157 Å². The SMILES string of the molecule is CC(C)OCCCNC(=O)c1nc(CCS(=O)(=O)c2ccc(F)cc2)no1. The Morgan fingerprint density at radius 3 is 2.67 bits per heavy atom. The number of rotatable bonds is 10. The van der Waals surface area contributed by atoms with Crippen molar-refractivity contribution in [2.24, 2.45) is 0 Å². The Kier molecular flexibility index (Phi) is 7.43. The molecule has 0 saturated carbocycles. The third-order valence-electron chi connectivity index (χ3n) is 3.49. The number of aryl methyl sites for hydroxylation is 1. The average Bonchev–Trinajstić information content (AvgIpc) is 3.09. The summed E-state index contributed by atoms with van der Waals surface area (Å²) in [5.41, 5.74) is 0. The molecule has 8 nitrogen and oxygen atoms in total. The highest BCUT2D eigenvalue weighted by molar-refractivity contribution is 7.91. The predicted octanol–water partition coefficient (Wildman–Crippen LogP) is 1.77. The summed E-state index contributed by atoms with van der Waals surface area (Å²) < 4.78 is 47.5. The summed E-state index contributed by atoms with van der Waals surface area (Å²) in [5, 5.41) is 6.24. The van der Waals surface area contributed by atoms with Gasteiger partial charge in [-0.2, -0.15) is 4.98 Å². The zero-order valence-corrected chi connectivity index (χ0v) is 16.0. The lowest BCUT2D eigenvalue weighted by molar-refractivity contribution is 0.0751. The Balaban J connectivity index is 1.83. The standard InChI is InChI=1S/C17H22FN3O5S/c1-12(2)25-10-3-9-19-16(22)17-20-15(21-26-17)8-11-27(23,24)14-6-4-13(18)5-7-14/h4-7,12H,3,8-11H2,1-2H3,(H,19,22). The van der Waals surface area contributed by atoms with Crippen LogP contribution < -0.4 is 5.32 Å². The second-order valence-electron chi connectivity index (χ2n) is 6.07. The lowest BCUT2D eigenvalue weighted by Gasteiger charge is -2.06. The van der Waals surface area contributed by atoms with Crippen LogP contribution in [0.3, 0.4) is 0 Å². The first-order chi connectivity index (χ1) is 12.8. The number of carbonyl (C=O) groups is 1. The van der Waals surface area contributed by atoms with E-state index in [0.29, 0.717) is 19.6 Å². The van der Waals surface area contributed by atoms with Gasteiger partial charge in [0, 0.05) is 19.6 Å². The molecule has 10 heteroatoms. The molecule has 1 amide bonds. The number of halogens is 1. The van der Waals surface area contributed by atoms with Gasteiger partial charge in [0.25, 0.3) is 0 Å². The summed E-state index contributed by atoms with van der Waals surface area (Å²) in [6.07, 6.45) is 0.741. The minimum absolute atomic E-state index is 0.00831. The van der Waals surface area contributed by atoms with E-state index in [1.807, 2.05) is 13.8 Å². The van der Waals surface area contributed by atoms with E-state index in [1.54, 1.807) is 0 Å². The number of nitrogens with zero attached hydrogens (tertiary/aromatic N) is 2. The number of hydrogen-bond donors (Lipinski definition) is 1. The van der Waals surface area contributed by atoms with Crippen LogP contribution in [0.15, 0.2) is 33.7 Å². The number of ether oxygens (including phenoxy) is 1. The highest BCUT2D eigenvalue weighted by Crippen LogP contribution is 2.13. The normalized spacial score (nSPS) is 11.7. The van der Waals surface area contributed by atoms with Gasteiger partial charge in [-0.05, 0) is 44.5 Å². The smallest absolute Gasteiger partial charge is 0.315 e. The van der Waals surface area contributed by atoms with E-state index in [-0.39, 0.29) is 34.9 Å². The number of benzene rings is 1. The van der Waals surface area contributed by atoms with Crippen molar-refractivity contribution in [2.45, 2.75) is 37.7 Å². The molecule has 2 aromatic rings. The first kappa shape index (κ1) is 21.0. The maximum atomic E-state index is 12.9. The van der Waals surface area contributed by atoms with E-state index in [9.17, 15) is 17.6 Å². The molecule has 2 rings (SSSR count). The maximum absolute atomic E-state index is 12.9. The van der Waals surface area contributed by atoms with Gasteiger partial charge in [-0.25, -0.2) is 12.8 Å². The number of carbonyl (C=O) groups excluding carboxylic acids is 1. The lowest BCUT2D eigenvalue weighted by atomic mass is 10.4. The van der Waals surface area contributed by atoms with Crippen LogP contribution in [-0.4, -0.2) is 49.5 Å². The molecule has 0 fully saturated rings. The van der Waals surface area contributed by atoms with Gasteiger partial charge in [0.1, 0.15) is 5.82 Å².